The Kier molecular flexibility index (Phi) is 5.39. The minimum absolute atomic E-state index is 0.198. The summed E-state index contributed by atoms with van der Waals surface area (Å²) in [6.45, 7) is 0. The number of nitrogens with zero attached hydrogens (tertiary/aromatic N) is 1. The maximum atomic E-state index is 12.0. The first kappa shape index (κ1) is 17.8. The van der Waals surface area contributed by atoms with Gasteiger partial charge in [-0.05, 0) is 42.0 Å². The van der Waals surface area contributed by atoms with Crippen LogP contribution in [0.2, 0.25) is 5.02 Å². The number of benzene rings is 2. The first-order valence-corrected chi connectivity index (χ1v) is 8.15. The Morgan fingerprint density at radius 1 is 1.04 bits per heavy atom. The molecule has 2 aromatic carbocycles. The standard InChI is InChI=1S/C20H16ClNO4/c1-24-16-9-6-14(18(12-16)25-2)11-17-20(23)26-19(22-17)10-5-13-3-7-15(21)8-4-13/h3-12H,1-2H3/b10-5+,17-11+. The van der Waals surface area contributed by atoms with Crippen molar-refractivity contribution in [3.05, 3.63) is 70.4 Å². The van der Waals surface area contributed by atoms with E-state index in [1.807, 2.05) is 12.1 Å². The molecular formula is C20H16ClNO4. The van der Waals surface area contributed by atoms with Crippen molar-refractivity contribution in [2.75, 3.05) is 14.2 Å². The Morgan fingerprint density at radius 2 is 1.81 bits per heavy atom. The number of rotatable bonds is 5. The second kappa shape index (κ2) is 7.89. The van der Waals surface area contributed by atoms with Crippen LogP contribution in [-0.4, -0.2) is 26.1 Å². The Balaban J connectivity index is 1.83. The van der Waals surface area contributed by atoms with Gasteiger partial charge in [0.15, 0.2) is 5.70 Å². The first-order chi connectivity index (χ1) is 12.6. The quantitative estimate of drug-likeness (QED) is 0.580. The molecule has 5 nitrogen and oxygen atoms in total. The first-order valence-electron chi connectivity index (χ1n) is 7.77. The fourth-order valence-corrected chi connectivity index (χ4v) is 2.45. The molecule has 0 aromatic heterocycles. The highest BCUT2D eigenvalue weighted by atomic mass is 35.5. The predicted octanol–water partition coefficient (Wildman–Crippen LogP) is 4.37. The minimum Gasteiger partial charge on any atom is -0.497 e. The van der Waals surface area contributed by atoms with Crippen molar-refractivity contribution in [2.24, 2.45) is 4.99 Å². The van der Waals surface area contributed by atoms with Crippen molar-refractivity contribution in [1.82, 2.24) is 0 Å². The Labute approximate surface area is 156 Å². The van der Waals surface area contributed by atoms with Crippen molar-refractivity contribution < 1.29 is 19.0 Å². The number of aliphatic imine (C=N–C) groups is 1. The molecule has 2 aromatic rings. The maximum absolute atomic E-state index is 12.0. The summed E-state index contributed by atoms with van der Waals surface area (Å²) in [5.41, 5.74) is 1.82. The second-order valence-electron chi connectivity index (χ2n) is 5.36. The van der Waals surface area contributed by atoms with E-state index in [0.717, 1.165) is 5.56 Å². The van der Waals surface area contributed by atoms with Gasteiger partial charge in [-0.15, -0.1) is 0 Å². The summed E-state index contributed by atoms with van der Waals surface area (Å²) >= 11 is 5.86. The lowest BCUT2D eigenvalue weighted by Crippen LogP contribution is -2.01. The molecule has 1 aliphatic heterocycles. The molecule has 0 bridgehead atoms. The summed E-state index contributed by atoms with van der Waals surface area (Å²) in [6, 6.07) is 12.6. The van der Waals surface area contributed by atoms with E-state index in [-0.39, 0.29) is 11.6 Å². The lowest BCUT2D eigenvalue weighted by Gasteiger charge is -2.07. The van der Waals surface area contributed by atoms with Crippen molar-refractivity contribution in [3.63, 3.8) is 0 Å². The maximum Gasteiger partial charge on any atom is 0.363 e. The van der Waals surface area contributed by atoms with E-state index in [1.54, 1.807) is 62.8 Å². The molecule has 3 rings (SSSR count). The average Bonchev–Trinajstić information content (AvgIpc) is 3.01. The van der Waals surface area contributed by atoms with E-state index in [9.17, 15) is 4.79 Å². The van der Waals surface area contributed by atoms with Crippen LogP contribution in [-0.2, 0) is 9.53 Å². The van der Waals surface area contributed by atoms with Crippen molar-refractivity contribution in [1.29, 1.82) is 0 Å². The molecule has 0 atom stereocenters. The average molecular weight is 370 g/mol. The zero-order valence-electron chi connectivity index (χ0n) is 14.2. The van der Waals surface area contributed by atoms with Gasteiger partial charge in [0.25, 0.3) is 0 Å². The molecule has 26 heavy (non-hydrogen) atoms. The molecule has 0 saturated heterocycles. The number of carbonyl (C=O) groups is 1. The van der Waals surface area contributed by atoms with E-state index in [1.165, 1.54) is 0 Å². The number of ether oxygens (including phenoxy) is 3. The van der Waals surface area contributed by atoms with Gasteiger partial charge < -0.3 is 14.2 Å². The molecule has 0 radical (unpaired) electrons. The van der Waals surface area contributed by atoms with Gasteiger partial charge >= 0.3 is 5.97 Å². The summed E-state index contributed by atoms with van der Waals surface area (Å²) in [7, 11) is 3.12. The van der Waals surface area contributed by atoms with Crippen LogP contribution >= 0.6 is 11.6 Å². The van der Waals surface area contributed by atoms with Crippen LogP contribution < -0.4 is 9.47 Å². The largest absolute Gasteiger partial charge is 0.497 e. The number of halogens is 1. The van der Waals surface area contributed by atoms with Gasteiger partial charge in [-0.3, -0.25) is 0 Å². The molecule has 0 fully saturated rings. The smallest absolute Gasteiger partial charge is 0.363 e. The molecule has 6 heteroatoms. The van der Waals surface area contributed by atoms with Crippen molar-refractivity contribution in [2.45, 2.75) is 0 Å². The summed E-state index contributed by atoms with van der Waals surface area (Å²) in [6.07, 6.45) is 5.04. The number of hydrogen-bond donors (Lipinski definition) is 0. The molecule has 0 aliphatic carbocycles. The normalized spacial score (nSPS) is 15.3. The molecular weight excluding hydrogens is 354 g/mol. The third kappa shape index (κ3) is 4.13. The lowest BCUT2D eigenvalue weighted by molar-refractivity contribution is -0.129. The van der Waals surface area contributed by atoms with Crippen molar-refractivity contribution >= 4 is 35.6 Å². The SMILES string of the molecule is COc1ccc(/C=C2N=C(/C=C/c3ccc(Cl)cc3)OC/2=O)c(OC)c1. The number of methoxy groups -OCH3 is 2. The number of hydrogen-bond acceptors (Lipinski definition) is 5. The minimum atomic E-state index is -0.515. The van der Waals surface area contributed by atoms with E-state index in [2.05, 4.69) is 4.99 Å². The topological polar surface area (TPSA) is 57.1 Å². The van der Waals surface area contributed by atoms with E-state index in [0.29, 0.717) is 22.1 Å². The van der Waals surface area contributed by atoms with Crippen LogP contribution in [0, 0.1) is 0 Å². The van der Waals surface area contributed by atoms with E-state index >= 15 is 0 Å². The number of esters is 1. The molecule has 132 valence electrons. The highest BCUT2D eigenvalue weighted by Crippen LogP contribution is 2.28. The molecule has 0 saturated carbocycles. The molecule has 0 amide bonds. The third-order valence-electron chi connectivity index (χ3n) is 3.66. The molecule has 0 spiro atoms. The van der Waals surface area contributed by atoms with E-state index in [4.69, 9.17) is 25.8 Å². The van der Waals surface area contributed by atoms with Gasteiger partial charge in [0.2, 0.25) is 5.90 Å². The van der Waals surface area contributed by atoms with E-state index < -0.39 is 5.97 Å². The summed E-state index contributed by atoms with van der Waals surface area (Å²) in [5.74, 6) is 0.945. The van der Waals surface area contributed by atoms with Gasteiger partial charge in [0.1, 0.15) is 11.5 Å². The molecule has 0 N–H and O–H groups in total. The summed E-state index contributed by atoms with van der Waals surface area (Å²) in [4.78, 5) is 16.3. The van der Waals surface area contributed by atoms with Crippen LogP contribution in [0.4, 0.5) is 0 Å². The van der Waals surface area contributed by atoms with Gasteiger partial charge in [-0.2, -0.15) is 0 Å². The van der Waals surface area contributed by atoms with Gasteiger partial charge in [-0.1, -0.05) is 23.7 Å². The van der Waals surface area contributed by atoms with Crippen LogP contribution in [0.1, 0.15) is 11.1 Å². The lowest BCUT2D eigenvalue weighted by atomic mass is 10.1. The van der Waals surface area contributed by atoms with Crippen LogP contribution in [0.5, 0.6) is 11.5 Å². The van der Waals surface area contributed by atoms with Gasteiger partial charge in [0, 0.05) is 22.7 Å². The van der Waals surface area contributed by atoms with Crippen LogP contribution in [0.3, 0.4) is 0 Å². The summed E-state index contributed by atoms with van der Waals surface area (Å²) < 4.78 is 15.7. The Bertz CT molecular complexity index is 914. The Hall–Kier alpha value is -3.05. The predicted molar refractivity (Wildman–Crippen MR) is 102 cm³/mol. The van der Waals surface area contributed by atoms with Crippen LogP contribution in [0.25, 0.3) is 12.2 Å². The highest BCUT2D eigenvalue weighted by Gasteiger charge is 2.21. The zero-order valence-corrected chi connectivity index (χ0v) is 15.0. The molecule has 0 unspecified atom stereocenters. The van der Waals surface area contributed by atoms with Gasteiger partial charge in [-0.25, -0.2) is 9.79 Å². The monoisotopic (exact) mass is 369 g/mol. The third-order valence-corrected chi connectivity index (χ3v) is 3.91. The van der Waals surface area contributed by atoms with Gasteiger partial charge in [0.05, 0.1) is 14.2 Å². The Morgan fingerprint density at radius 3 is 2.50 bits per heavy atom. The zero-order chi connectivity index (χ0) is 18.5. The summed E-state index contributed by atoms with van der Waals surface area (Å²) in [5, 5.41) is 0.658. The highest BCUT2D eigenvalue weighted by molar-refractivity contribution is 6.30. The molecule has 1 aliphatic rings. The molecule has 1 heterocycles. The van der Waals surface area contributed by atoms with Crippen LogP contribution in [0.15, 0.2) is 59.2 Å². The number of cyclic esters (lactones) is 1. The number of carbonyl (C=O) groups excluding carboxylic acids is 1. The second-order valence-corrected chi connectivity index (χ2v) is 5.80. The fourth-order valence-electron chi connectivity index (χ4n) is 2.32. The van der Waals surface area contributed by atoms with Crippen molar-refractivity contribution in [3.8, 4) is 11.5 Å². The fraction of sp³-hybridized carbons (Fsp3) is 0.100.